The van der Waals surface area contributed by atoms with E-state index in [4.69, 9.17) is 11.6 Å². The second-order valence-corrected chi connectivity index (χ2v) is 6.06. The molecule has 0 heterocycles. The number of rotatable bonds is 6. The van der Waals surface area contributed by atoms with Crippen molar-refractivity contribution in [2.24, 2.45) is 0 Å². The maximum absolute atomic E-state index is 12.7. The van der Waals surface area contributed by atoms with Gasteiger partial charge in [-0.25, -0.2) is 0 Å². The molecule has 1 N–H and O–H groups in total. The van der Waals surface area contributed by atoms with Crippen LogP contribution in [-0.2, 0) is 6.54 Å². The Balaban J connectivity index is 2.93. The van der Waals surface area contributed by atoms with Crippen LogP contribution < -0.4 is 10.2 Å². The van der Waals surface area contributed by atoms with Gasteiger partial charge in [-0.3, -0.25) is 0 Å². The zero-order valence-electron chi connectivity index (χ0n) is 12.8. The maximum Gasteiger partial charge on any atom is 0.405 e. The Morgan fingerprint density at radius 2 is 1.81 bits per heavy atom. The van der Waals surface area contributed by atoms with Gasteiger partial charge in [0, 0.05) is 29.3 Å². The minimum absolute atomic E-state index is 0.262. The van der Waals surface area contributed by atoms with Crippen LogP contribution in [0.15, 0.2) is 18.2 Å². The third-order valence-electron chi connectivity index (χ3n) is 3.04. The van der Waals surface area contributed by atoms with Gasteiger partial charge in [0.15, 0.2) is 0 Å². The Morgan fingerprint density at radius 3 is 2.24 bits per heavy atom. The summed E-state index contributed by atoms with van der Waals surface area (Å²) in [6, 6.07) is 5.12. The van der Waals surface area contributed by atoms with Gasteiger partial charge in [-0.15, -0.1) is 0 Å². The molecular weight excluding hydrogens is 301 g/mol. The predicted molar refractivity (Wildman–Crippen MR) is 82.0 cm³/mol. The molecule has 1 aromatic rings. The lowest BCUT2D eigenvalue weighted by Gasteiger charge is -2.30. The molecule has 0 saturated heterocycles. The predicted octanol–water partition coefficient (Wildman–Crippen LogP) is 4.62. The lowest BCUT2D eigenvalue weighted by atomic mass is 10.1. The molecule has 0 spiro atoms. The number of alkyl halides is 3. The summed E-state index contributed by atoms with van der Waals surface area (Å²) in [5.74, 6) is 0. The quantitative estimate of drug-likeness (QED) is 0.822. The van der Waals surface area contributed by atoms with Crippen LogP contribution in [0.5, 0.6) is 0 Å². The molecule has 2 nitrogen and oxygen atoms in total. The summed E-state index contributed by atoms with van der Waals surface area (Å²) in [7, 11) is 0. The molecule has 0 aliphatic heterocycles. The second-order valence-electron chi connectivity index (χ2n) is 5.65. The van der Waals surface area contributed by atoms with E-state index < -0.39 is 12.7 Å². The van der Waals surface area contributed by atoms with Crippen molar-refractivity contribution in [2.75, 3.05) is 11.4 Å². The van der Waals surface area contributed by atoms with Crippen molar-refractivity contribution >= 4 is 17.3 Å². The summed E-state index contributed by atoms with van der Waals surface area (Å²) in [5, 5.41) is 3.71. The van der Waals surface area contributed by atoms with Crippen LogP contribution in [0.1, 0.15) is 33.3 Å². The number of halogens is 4. The molecule has 0 bridgehead atoms. The monoisotopic (exact) mass is 322 g/mol. The van der Waals surface area contributed by atoms with Gasteiger partial charge in [-0.05, 0) is 31.5 Å². The number of hydrogen-bond acceptors (Lipinski definition) is 2. The number of anilines is 1. The van der Waals surface area contributed by atoms with E-state index in [2.05, 4.69) is 5.32 Å². The minimum atomic E-state index is -4.24. The third-order valence-corrected chi connectivity index (χ3v) is 3.39. The van der Waals surface area contributed by atoms with E-state index in [1.807, 2.05) is 13.8 Å². The van der Waals surface area contributed by atoms with Crippen molar-refractivity contribution < 1.29 is 13.2 Å². The third kappa shape index (κ3) is 6.14. The fraction of sp³-hybridized carbons (Fsp3) is 0.600. The fourth-order valence-corrected chi connectivity index (χ4v) is 2.18. The Kier molecular flexibility index (Phi) is 6.35. The van der Waals surface area contributed by atoms with Crippen LogP contribution in [0.2, 0.25) is 5.02 Å². The number of hydrogen-bond donors (Lipinski definition) is 1. The van der Waals surface area contributed by atoms with E-state index in [0.717, 1.165) is 5.56 Å². The normalized spacial score (nSPS) is 12.3. The van der Waals surface area contributed by atoms with Crippen LogP contribution in [0, 0.1) is 0 Å². The van der Waals surface area contributed by atoms with Crippen LogP contribution >= 0.6 is 11.6 Å². The van der Waals surface area contributed by atoms with Gasteiger partial charge in [0.25, 0.3) is 0 Å². The SMILES string of the molecule is CC(C)NCc1ccc(N(CC(F)(F)F)C(C)C)cc1Cl. The highest BCUT2D eigenvalue weighted by atomic mass is 35.5. The zero-order valence-corrected chi connectivity index (χ0v) is 13.5. The zero-order chi connectivity index (χ0) is 16.2. The Morgan fingerprint density at radius 1 is 1.19 bits per heavy atom. The van der Waals surface area contributed by atoms with Crippen LogP contribution in [0.3, 0.4) is 0 Å². The lowest BCUT2D eigenvalue weighted by molar-refractivity contribution is -0.120. The average Bonchev–Trinajstić information content (AvgIpc) is 2.33. The standard InChI is InChI=1S/C15H22ClF3N2/c1-10(2)20-8-12-5-6-13(7-14(12)16)21(11(3)4)9-15(17,18)19/h5-7,10-11,20H,8-9H2,1-4H3. The van der Waals surface area contributed by atoms with Crippen molar-refractivity contribution in [3.63, 3.8) is 0 Å². The van der Waals surface area contributed by atoms with Gasteiger partial charge in [0.2, 0.25) is 0 Å². The first-order valence-electron chi connectivity index (χ1n) is 6.95. The van der Waals surface area contributed by atoms with Crippen molar-refractivity contribution in [2.45, 2.75) is 52.5 Å². The number of nitrogens with zero attached hydrogens (tertiary/aromatic N) is 1. The molecule has 120 valence electrons. The summed E-state index contributed by atoms with van der Waals surface area (Å²) >= 11 is 6.18. The Hall–Kier alpha value is -0.940. The highest BCUT2D eigenvalue weighted by Crippen LogP contribution is 2.28. The molecule has 0 unspecified atom stereocenters. The largest absolute Gasteiger partial charge is 0.405 e. The highest BCUT2D eigenvalue weighted by Gasteiger charge is 2.32. The van der Waals surface area contributed by atoms with Crippen molar-refractivity contribution in [1.29, 1.82) is 0 Å². The molecule has 0 radical (unpaired) electrons. The Labute approximate surface area is 129 Å². The van der Waals surface area contributed by atoms with Crippen molar-refractivity contribution in [3.8, 4) is 0 Å². The minimum Gasteiger partial charge on any atom is -0.360 e. The smallest absolute Gasteiger partial charge is 0.360 e. The molecule has 1 aromatic carbocycles. The average molecular weight is 323 g/mol. The van der Waals surface area contributed by atoms with Crippen LogP contribution in [0.25, 0.3) is 0 Å². The van der Waals surface area contributed by atoms with E-state index in [1.54, 1.807) is 32.0 Å². The molecule has 21 heavy (non-hydrogen) atoms. The second kappa shape index (κ2) is 7.36. The molecule has 0 fully saturated rings. The summed E-state index contributed by atoms with van der Waals surface area (Å²) in [5.41, 5.74) is 1.37. The fourth-order valence-electron chi connectivity index (χ4n) is 1.94. The molecule has 0 aromatic heterocycles. The molecule has 0 aliphatic rings. The topological polar surface area (TPSA) is 15.3 Å². The van der Waals surface area contributed by atoms with Gasteiger partial charge in [-0.1, -0.05) is 31.5 Å². The summed E-state index contributed by atoms with van der Waals surface area (Å²) in [6.07, 6.45) is -4.24. The van der Waals surface area contributed by atoms with Gasteiger partial charge in [-0.2, -0.15) is 13.2 Å². The molecule has 0 aliphatic carbocycles. The van der Waals surface area contributed by atoms with Crippen molar-refractivity contribution in [3.05, 3.63) is 28.8 Å². The summed E-state index contributed by atoms with van der Waals surface area (Å²) in [4.78, 5) is 1.30. The summed E-state index contributed by atoms with van der Waals surface area (Å²) in [6.45, 7) is 7.11. The van der Waals surface area contributed by atoms with Crippen LogP contribution in [-0.4, -0.2) is 24.8 Å². The van der Waals surface area contributed by atoms with E-state index in [1.165, 1.54) is 4.90 Å². The van der Waals surface area contributed by atoms with E-state index >= 15 is 0 Å². The molecular formula is C15H22ClF3N2. The van der Waals surface area contributed by atoms with E-state index in [0.29, 0.717) is 23.3 Å². The van der Waals surface area contributed by atoms with Gasteiger partial charge in [0.05, 0.1) is 0 Å². The molecule has 0 atom stereocenters. The van der Waals surface area contributed by atoms with E-state index in [9.17, 15) is 13.2 Å². The highest BCUT2D eigenvalue weighted by molar-refractivity contribution is 6.31. The van der Waals surface area contributed by atoms with Crippen molar-refractivity contribution in [1.82, 2.24) is 5.32 Å². The van der Waals surface area contributed by atoms with Gasteiger partial charge in [0.1, 0.15) is 6.54 Å². The number of benzene rings is 1. The first-order chi connectivity index (χ1) is 9.60. The summed E-state index contributed by atoms with van der Waals surface area (Å²) < 4.78 is 38.0. The first-order valence-corrected chi connectivity index (χ1v) is 7.33. The van der Waals surface area contributed by atoms with Crippen LogP contribution in [0.4, 0.5) is 18.9 Å². The number of nitrogens with one attached hydrogen (secondary N) is 1. The van der Waals surface area contributed by atoms with Gasteiger partial charge >= 0.3 is 6.18 Å². The molecule has 6 heteroatoms. The molecule has 0 saturated carbocycles. The molecule has 1 rings (SSSR count). The lowest BCUT2D eigenvalue weighted by Crippen LogP contribution is -2.39. The maximum atomic E-state index is 12.7. The Bertz CT molecular complexity index is 459. The van der Waals surface area contributed by atoms with E-state index in [-0.39, 0.29) is 6.04 Å². The van der Waals surface area contributed by atoms with Gasteiger partial charge < -0.3 is 10.2 Å². The molecule has 0 amide bonds. The first kappa shape index (κ1) is 18.1.